The summed E-state index contributed by atoms with van der Waals surface area (Å²) in [5, 5.41) is 4.67. The molecule has 6 nitrogen and oxygen atoms in total. The Morgan fingerprint density at radius 2 is 2.13 bits per heavy atom. The van der Waals surface area contributed by atoms with Crippen molar-refractivity contribution in [1.82, 2.24) is 14.3 Å². The van der Waals surface area contributed by atoms with Crippen LogP contribution >= 0.6 is 12.2 Å². The molecule has 2 aliphatic heterocycles. The zero-order chi connectivity index (χ0) is 16.0. The first-order valence-electron chi connectivity index (χ1n) is 7.61. The van der Waals surface area contributed by atoms with Crippen molar-refractivity contribution in [2.75, 3.05) is 6.61 Å². The van der Waals surface area contributed by atoms with E-state index in [2.05, 4.69) is 17.2 Å². The number of hydrogen-bond acceptors (Lipinski definition) is 5. The number of benzene rings is 1. The number of Topliss-reactive ketones (excluding diaryl/α,β-unsaturated/α-hetero) is 1. The van der Waals surface area contributed by atoms with Gasteiger partial charge in [-0.1, -0.05) is 30.3 Å². The molecule has 2 fully saturated rings. The van der Waals surface area contributed by atoms with Crippen LogP contribution in [0, 0.1) is 4.77 Å². The van der Waals surface area contributed by atoms with Gasteiger partial charge in [0.2, 0.25) is 6.29 Å². The summed E-state index contributed by atoms with van der Waals surface area (Å²) in [5.74, 6) is 0.829. The lowest BCUT2D eigenvalue weighted by atomic mass is 10.0. The Morgan fingerprint density at radius 1 is 1.35 bits per heavy atom. The minimum Gasteiger partial charge on any atom is -0.343 e. The van der Waals surface area contributed by atoms with E-state index in [1.807, 2.05) is 29.8 Å². The Hall–Kier alpha value is -1.83. The van der Waals surface area contributed by atoms with Gasteiger partial charge in [-0.25, -0.2) is 4.68 Å². The van der Waals surface area contributed by atoms with Gasteiger partial charge in [-0.15, -0.1) is 0 Å². The second-order valence-corrected chi connectivity index (χ2v) is 6.31. The maximum atomic E-state index is 12.0. The van der Waals surface area contributed by atoms with E-state index in [1.54, 1.807) is 4.68 Å². The average Bonchev–Trinajstić information content (AvgIpc) is 3.11. The molecule has 1 aromatic heterocycles. The molecule has 4 rings (SSSR count). The first-order chi connectivity index (χ1) is 11.1. The van der Waals surface area contributed by atoms with E-state index in [9.17, 15) is 4.79 Å². The fraction of sp³-hybridized carbons (Fsp3) is 0.438. The van der Waals surface area contributed by atoms with E-state index >= 15 is 0 Å². The molecule has 2 aliphatic rings. The van der Waals surface area contributed by atoms with Crippen LogP contribution in [0.5, 0.6) is 0 Å². The van der Waals surface area contributed by atoms with Crippen molar-refractivity contribution in [1.29, 1.82) is 0 Å². The molecule has 2 aromatic rings. The van der Waals surface area contributed by atoms with Crippen molar-refractivity contribution in [2.45, 2.75) is 31.3 Å². The molecule has 0 spiro atoms. The number of carbonyl (C=O) groups excluding carboxylic acids is 1. The highest BCUT2D eigenvalue weighted by molar-refractivity contribution is 7.71. The smallest absolute Gasteiger partial charge is 0.218 e. The Balaban J connectivity index is 1.66. The van der Waals surface area contributed by atoms with Gasteiger partial charge in [0.25, 0.3) is 0 Å². The summed E-state index contributed by atoms with van der Waals surface area (Å²) in [7, 11) is 1.91. The number of fused-ring (bicyclic) bond motifs is 2. The Bertz CT molecular complexity index is 799. The standard InChI is InChI=1S/C16H17N3O3S/c1-18-14(7-10-5-3-2-4-6-10)17-19(16(18)23)11-8-12(20)15-21-9-13(11)22-15/h2-6,11,13,15H,7-9H2,1H3/t11-,13+,15+/m1/s1. The molecule has 120 valence electrons. The number of hydrogen-bond donors (Lipinski definition) is 0. The zero-order valence-corrected chi connectivity index (χ0v) is 13.5. The van der Waals surface area contributed by atoms with Gasteiger partial charge in [0.05, 0.1) is 12.6 Å². The van der Waals surface area contributed by atoms with Gasteiger partial charge in [-0.05, 0) is 17.8 Å². The first kappa shape index (κ1) is 14.7. The molecule has 0 amide bonds. The SMILES string of the molecule is Cn1c(Cc2ccccc2)nn([C@@H]2CC(=O)[C@H]3OC[C@@H]2O3)c1=S. The Labute approximate surface area is 138 Å². The number of rotatable bonds is 3. The maximum absolute atomic E-state index is 12.0. The van der Waals surface area contributed by atoms with Gasteiger partial charge in [0.1, 0.15) is 11.9 Å². The molecule has 0 aliphatic carbocycles. The van der Waals surface area contributed by atoms with Crippen LogP contribution in [0.25, 0.3) is 0 Å². The molecule has 2 saturated heterocycles. The normalized spacial score (nSPS) is 26.7. The molecule has 0 radical (unpaired) electrons. The van der Waals surface area contributed by atoms with Crippen molar-refractivity contribution in [3.05, 3.63) is 46.5 Å². The van der Waals surface area contributed by atoms with Gasteiger partial charge in [-0.3, -0.25) is 4.79 Å². The molecular formula is C16H17N3O3S. The van der Waals surface area contributed by atoms with Gasteiger partial charge in [0, 0.05) is 19.9 Å². The minimum absolute atomic E-state index is 0.0408. The zero-order valence-electron chi connectivity index (χ0n) is 12.7. The van der Waals surface area contributed by atoms with E-state index in [0.717, 1.165) is 5.82 Å². The number of carbonyl (C=O) groups is 1. The van der Waals surface area contributed by atoms with Gasteiger partial charge < -0.3 is 14.0 Å². The quantitative estimate of drug-likeness (QED) is 0.803. The second kappa shape index (κ2) is 5.67. The lowest BCUT2D eigenvalue weighted by molar-refractivity contribution is -0.156. The fourth-order valence-electron chi connectivity index (χ4n) is 3.11. The fourth-order valence-corrected chi connectivity index (χ4v) is 3.40. The highest BCUT2D eigenvalue weighted by Gasteiger charge is 2.44. The summed E-state index contributed by atoms with van der Waals surface area (Å²) in [6, 6.07) is 9.93. The van der Waals surface area contributed by atoms with E-state index in [0.29, 0.717) is 24.2 Å². The lowest BCUT2D eigenvalue weighted by Crippen LogP contribution is -2.37. The van der Waals surface area contributed by atoms with Crippen LogP contribution < -0.4 is 0 Å². The molecule has 3 heterocycles. The molecule has 23 heavy (non-hydrogen) atoms. The minimum atomic E-state index is -0.696. The van der Waals surface area contributed by atoms with Crippen LogP contribution in [-0.2, 0) is 27.7 Å². The van der Waals surface area contributed by atoms with E-state index in [1.165, 1.54) is 5.56 Å². The number of aromatic nitrogens is 3. The van der Waals surface area contributed by atoms with Crippen LogP contribution in [0.3, 0.4) is 0 Å². The number of nitrogens with zero attached hydrogens (tertiary/aromatic N) is 3. The molecule has 3 atom stereocenters. The molecule has 0 saturated carbocycles. The predicted molar refractivity (Wildman–Crippen MR) is 84.6 cm³/mol. The maximum Gasteiger partial charge on any atom is 0.218 e. The van der Waals surface area contributed by atoms with E-state index in [-0.39, 0.29) is 17.9 Å². The van der Waals surface area contributed by atoms with Crippen molar-refractivity contribution in [3.8, 4) is 0 Å². The Kier molecular flexibility index (Phi) is 3.63. The molecular weight excluding hydrogens is 314 g/mol. The van der Waals surface area contributed by atoms with Crippen LogP contribution in [0.1, 0.15) is 23.9 Å². The van der Waals surface area contributed by atoms with Gasteiger partial charge >= 0.3 is 0 Å². The van der Waals surface area contributed by atoms with Crippen molar-refractivity contribution >= 4 is 18.0 Å². The van der Waals surface area contributed by atoms with Crippen molar-refractivity contribution in [2.24, 2.45) is 7.05 Å². The van der Waals surface area contributed by atoms with Gasteiger partial charge in [0.15, 0.2) is 10.6 Å². The van der Waals surface area contributed by atoms with Crippen LogP contribution in [0.2, 0.25) is 0 Å². The summed E-state index contributed by atoms with van der Waals surface area (Å²) in [6.45, 7) is 0.410. The van der Waals surface area contributed by atoms with Crippen LogP contribution in [-0.4, -0.2) is 39.1 Å². The summed E-state index contributed by atoms with van der Waals surface area (Å²) in [5.41, 5.74) is 1.17. The van der Waals surface area contributed by atoms with E-state index in [4.69, 9.17) is 21.7 Å². The molecule has 2 bridgehead atoms. The summed E-state index contributed by atoms with van der Waals surface area (Å²) >= 11 is 5.52. The van der Waals surface area contributed by atoms with Crippen LogP contribution in [0.4, 0.5) is 0 Å². The average molecular weight is 331 g/mol. The largest absolute Gasteiger partial charge is 0.343 e. The Morgan fingerprint density at radius 3 is 2.91 bits per heavy atom. The number of ether oxygens (including phenoxy) is 2. The summed E-state index contributed by atoms with van der Waals surface area (Å²) in [6.07, 6.45) is 0.187. The third kappa shape index (κ3) is 2.54. The van der Waals surface area contributed by atoms with Crippen molar-refractivity contribution < 1.29 is 14.3 Å². The molecule has 0 N–H and O–H groups in total. The summed E-state index contributed by atoms with van der Waals surface area (Å²) in [4.78, 5) is 12.0. The van der Waals surface area contributed by atoms with Crippen LogP contribution in [0.15, 0.2) is 30.3 Å². The summed E-state index contributed by atoms with van der Waals surface area (Å²) < 4.78 is 15.2. The highest BCUT2D eigenvalue weighted by Crippen LogP contribution is 2.32. The van der Waals surface area contributed by atoms with Crippen molar-refractivity contribution in [3.63, 3.8) is 0 Å². The lowest BCUT2D eigenvalue weighted by Gasteiger charge is -2.26. The van der Waals surface area contributed by atoms with E-state index < -0.39 is 6.29 Å². The second-order valence-electron chi connectivity index (χ2n) is 5.94. The third-order valence-corrected chi connectivity index (χ3v) is 4.89. The predicted octanol–water partition coefficient (Wildman–Crippen LogP) is 1.80. The first-order valence-corrected chi connectivity index (χ1v) is 8.02. The number of ketones is 1. The molecule has 1 aromatic carbocycles. The monoisotopic (exact) mass is 331 g/mol. The molecule has 0 unspecified atom stereocenters. The highest BCUT2D eigenvalue weighted by atomic mass is 32.1. The topological polar surface area (TPSA) is 58.3 Å². The van der Waals surface area contributed by atoms with Gasteiger partial charge in [-0.2, -0.15) is 5.10 Å². The molecule has 7 heteroatoms. The third-order valence-electron chi connectivity index (χ3n) is 4.43.